The topological polar surface area (TPSA) is 34.9 Å². The van der Waals surface area contributed by atoms with Crippen molar-refractivity contribution in [2.45, 2.75) is 6.54 Å². The zero-order valence-corrected chi connectivity index (χ0v) is 16.4. The maximum absolute atomic E-state index is 12.6. The van der Waals surface area contributed by atoms with Crippen LogP contribution >= 0.6 is 0 Å². The van der Waals surface area contributed by atoms with Crippen molar-refractivity contribution in [2.24, 2.45) is 0 Å². The van der Waals surface area contributed by atoms with E-state index in [-0.39, 0.29) is 5.78 Å². The van der Waals surface area contributed by atoms with Gasteiger partial charge < -0.3 is 4.57 Å². The predicted octanol–water partition coefficient (Wildman–Crippen LogP) is 6.13. The normalized spacial score (nSPS) is 11.5. The van der Waals surface area contributed by atoms with E-state index in [1.165, 1.54) is 16.3 Å². The highest BCUT2D eigenvalue weighted by Gasteiger charge is 2.11. The Morgan fingerprint density at radius 1 is 0.800 bits per heavy atom. The second kappa shape index (κ2) is 7.80. The van der Waals surface area contributed by atoms with Crippen molar-refractivity contribution < 1.29 is 4.79 Å². The fourth-order valence-corrected chi connectivity index (χ4v) is 3.84. The highest BCUT2D eigenvalue weighted by Crippen LogP contribution is 2.23. The van der Waals surface area contributed by atoms with E-state index in [1.807, 2.05) is 54.6 Å². The molecule has 0 bridgehead atoms. The molecule has 0 saturated heterocycles. The van der Waals surface area contributed by atoms with Crippen LogP contribution < -0.4 is 0 Å². The van der Waals surface area contributed by atoms with Crippen LogP contribution in [0.2, 0.25) is 0 Å². The van der Waals surface area contributed by atoms with Crippen LogP contribution in [0.3, 0.4) is 0 Å². The number of benzene rings is 4. The molecule has 0 N–H and O–H groups in total. The second-order valence-electron chi connectivity index (χ2n) is 7.25. The van der Waals surface area contributed by atoms with E-state index >= 15 is 0 Å². The van der Waals surface area contributed by atoms with Gasteiger partial charge >= 0.3 is 0 Å². The third-order valence-corrected chi connectivity index (χ3v) is 5.33. The van der Waals surface area contributed by atoms with Gasteiger partial charge in [-0.25, -0.2) is 4.98 Å². The summed E-state index contributed by atoms with van der Waals surface area (Å²) in [5, 5.41) is 2.45. The maximum Gasteiger partial charge on any atom is 0.185 e. The molecule has 0 radical (unpaired) electrons. The van der Waals surface area contributed by atoms with E-state index in [0.29, 0.717) is 12.1 Å². The molecule has 0 saturated carbocycles. The number of rotatable bonds is 5. The lowest BCUT2D eigenvalue weighted by Gasteiger charge is -2.10. The quantitative estimate of drug-likeness (QED) is 0.268. The maximum atomic E-state index is 12.6. The number of para-hydroxylation sites is 2. The summed E-state index contributed by atoms with van der Waals surface area (Å²) in [4.78, 5) is 17.3. The third-order valence-electron chi connectivity index (χ3n) is 5.33. The lowest BCUT2D eigenvalue weighted by Crippen LogP contribution is -2.03. The van der Waals surface area contributed by atoms with Crippen LogP contribution in [0.15, 0.2) is 103 Å². The molecule has 5 aromatic rings. The Morgan fingerprint density at radius 2 is 1.53 bits per heavy atom. The fourth-order valence-electron chi connectivity index (χ4n) is 3.84. The fraction of sp³-hybridized carbons (Fsp3) is 0.0370. The minimum absolute atomic E-state index is 0.0284. The van der Waals surface area contributed by atoms with Gasteiger partial charge in [0.25, 0.3) is 0 Å². The Labute approximate surface area is 174 Å². The molecule has 4 aromatic carbocycles. The van der Waals surface area contributed by atoms with Gasteiger partial charge in [-0.3, -0.25) is 4.79 Å². The van der Waals surface area contributed by atoms with Gasteiger partial charge in [-0.05, 0) is 40.6 Å². The summed E-state index contributed by atoms with van der Waals surface area (Å²) in [7, 11) is 0. The van der Waals surface area contributed by atoms with Crippen LogP contribution in [0.25, 0.3) is 27.9 Å². The van der Waals surface area contributed by atoms with Crippen molar-refractivity contribution in [1.82, 2.24) is 9.55 Å². The first-order valence-corrected chi connectivity index (χ1v) is 9.99. The Bertz CT molecular complexity index is 1370. The van der Waals surface area contributed by atoms with Crippen molar-refractivity contribution in [3.05, 3.63) is 120 Å². The number of allylic oxidation sites excluding steroid dienone is 1. The molecule has 0 amide bonds. The van der Waals surface area contributed by atoms with E-state index in [2.05, 4.69) is 53.1 Å². The average Bonchev–Trinajstić information content (AvgIpc) is 3.15. The number of hydrogen-bond donors (Lipinski definition) is 0. The van der Waals surface area contributed by atoms with Crippen LogP contribution in [-0.2, 0) is 6.54 Å². The van der Waals surface area contributed by atoms with Crippen molar-refractivity contribution in [3.63, 3.8) is 0 Å². The van der Waals surface area contributed by atoms with E-state index in [1.54, 1.807) is 6.08 Å². The number of fused-ring (bicyclic) bond motifs is 2. The van der Waals surface area contributed by atoms with Crippen molar-refractivity contribution >= 4 is 33.7 Å². The number of carbonyl (C=O) groups excluding carboxylic acids is 1. The Morgan fingerprint density at radius 3 is 2.43 bits per heavy atom. The number of aromatic nitrogens is 2. The minimum atomic E-state index is -0.0284. The SMILES string of the molecule is O=C(/C=C/c1nc2ccccc2n1Cc1cccc2ccccc12)c1ccccc1. The van der Waals surface area contributed by atoms with Gasteiger partial charge in [0.05, 0.1) is 17.6 Å². The molecule has 144 valence electrons. The first kappa shape index (κ1) is 18.1. The van der Waals surface area contributed by atoms with Gasteiger partial charge in [-0.2, -0.15) is 0 Å². The predicted molar refractivity (Wildman–Crippen MR) is 123 cm³/mol. The van der Waals surface area contributed by atoms with Crippen LogP contribution in [0.5, 0.6) is 0 Å². The van der Waals surface area contributed by atoms with Gasteiger partial charge in [0.1, 0.15) is 5.82 Å². The number of ketones is 1. The summed E-state index contributed by atoms with van der Waals surface area (Å²) in [6.45, 7) is 0.682. The first-order valence-electron chi connectivity index (χ1n) is 9.99. The number of imidazole rings is 1. The lowest BCUT2D eigenvalue weighted by molar-refractivity contribution is 0.104. The van der Waals surface area contributed by atoms with Crippen LogP contribution in [0.4, 0.5) is 0 Å². The molecule has 0 aliphatic heterocycles. The molecule has 0 aliphatic rings. The van der Waals surface area contributed by atoms with Gasteiger partial charge in [0, 0.05) is 5.56 Å². The lowest BCUT2D eigenvalue weighted by atomic mass is 10.0. The van der Waals surface area contributed by atoms with Crippen molar-refractivity contribution in [3.8, 4) is 0 Å². The Kier molecular flexibility index (Phi) is 4.70. The molecule has 0 atom stereocenters. The second-order valence-corrected chi connectivity index (χ2v) is 7.25. The van der Waals surface area contributed by atoms with E-state index in [9.17, 15) is 4.79 Å². The molecule has 30 heavy (non-hydrogen) atoms. The molecular formula is C27H20N2O. The summed E-state index contributed by atoms with van der Waals surface area (Å²) >= 11 is 0. The highest BCUT2D eigenvalue weighted by molar-refractivity contribution is 6.06. The van der Waals surface area contributed by atoms with Crippen LogP contribution in [-0.4, -0.2) is 15.3 Å². The molecule has 1 aromatic heterocycles. The molecule has 3 heteroatoms. The number of hydrogen-bond acceptors (Lipinski definition) is 2. The molecule has 0 fully saturated rings. The molecule has 3 nitrogen and oxygen atoms in total. The summed E-state index contributed by atoms with van der Waals surface area (Å²) in [5.41, 5.74) is 3.87. The summed E-state index contributed by atoms with van der Waals surface area (Å²) in [6.07, 6.45) is 3.43. The summed E-state index contributed by atoms with van der Waals surface area (Å²) < 4.78 is 2.17. The zero-order chi connectivity index (χ0) is 20.3. The largest absolute Gasteiger partial charge is 0.320 e. The number of nitrogens with zero attached hydrogens (tertiary/aromatic N) is 2. The highest BCUT2D eigenvalue weighted by atomic mass is 16.1. The van der Waals surface area contributed by atoms with E-state index < -0.39 is 0 Å². The third kappa shape index (κ3) is 3.42. The van der Waals surface area contributed by atoms with Crippen molar-refractivity contribution in [1.29, 1.82) is 0 Å². The van der Waals surface area contributed by atoms with Gasteiger partial charge in [0.2, 0.25) is 0 Å². The molecule has 0 aliphatic carbocycles. The number of carbonyl (C=O) groups is 1. The van der Waals surface area contributed by atoms with Gasteiger partial charge in [0.15, 0.2) is 5.78 Å². The minimum Gasteiger partial charge on any atom is -0.320 e. The molecule has 5 rings (SSSR count). The van der Waals surface area contributed by atoms with Gasteiger partial charge in [-0.15, -0.1) is 0 Å². The Balaban J connectivity index is 1.57. The average molecular weight is 388 g/mol. The summed E-state index contributed by atoms with van der Waals surface area (Å²) in [6, 6.07) is 32.2. The Hall–Kier alpha value is -3.98. The monoisotopic (exact) mass is 388 g/mol. The smallest absolute Gasteiger partial charge is 0.185 e. The molecule has 1 heterocycles. The molecule has 0 unspecified atom stereocenters. The summed E-state index contributed by atoms with van der Waals surface area (Å²) in [5.74, 6) is 0.743. The molecule has 0 spiro atoms. The van der Waals surface area contributed by atoms with E-state index in [4.69, 9.17) is 4.98 Å². The van der Waals surface area contributed by atoms with Crippen LogP contribution in [0.1, 0.15) is 21.7 Å². The van der Waals surface area contributed by atoms with Gasteiger partial charge in [-0.1, -0.05) is 84.9 Å². The van der Waals surface area contributed by atoms with Crippen LogP contribution in [0, 0.1) is 0 Å². The standard InChI is InChI=1S/C27H20N2O/c30-26(21-10-2-1-3-11-21)17-18-27-28-24-15-6-7-16-25(24)29(27)19-22-13-8-12-20-9-4-5-14-23(20)22/h1-18H,19H2/b18-17+. The first-order chi connectivity index (χ1) is 14.8. The van der Waals surface area contributed by atoms with Crippen molar-refractivity contribution in [2.75, 3.05) is 0 Å². The molecular weight excluding hydrogens is 368 g/mol. The van der Waals surface area contributed by atoms with E-state index in [0.717, 1.165) is 16.9 Å². The zero-order valence-electron chi connectivity index (χ0n) is 16.4.